The summed E-state index contributed by atoms with van der Waals surface area (Å²) in [6.07, 6.45) is 0.771. The van der Waals surface area contributed by atoms with E-state index in [1.807, 2.05) is 36.4 Å². The van der Waals surface area contributed by atoms with Crippen molar-refractivity contribution in [1.82, 2.24) is 0 Å². The second kappa shape index (κ2) is 7.84. The first-order valence-electron chi connectivity index (χ1n) is 7.03. The van der Waals surface area contributed by atoms with E-state index in [4.69, 9.17) is 10.5 Å². The Labute approximate surface area is 128 Å². The molecular formula is C17H21NO2S. The van der Waals surface area contributed by atoms with Crippen LogP contribution in [0.3, 0.4) is 0 Å². The Morgan fingerprint density at radius 2 is 1.95 bits per heavy atom. The van der Waals surface area contributed by atoms with Gasteiger partial charge in [-0.05, 0) is 36.6 Å². The van der Waals surface area contributed by atoms with Crippen LogP contribution in [0.2, 0.25) is 0 Å². The zero-order valence-electron chi connectivity index (χ0n) is 12.2. The van der Waals surface area contributed by atoms with Gasteiger partial charge in [-0.3, -0.25) is 4.21 Å². The molecule has 2 rings (SSSR count). The van der Waals surface area contributed by atoms with Crippen LogP contribution in [0.4, 0.5) is 5.69 Å². The number of nitrogens with two attached hydrogens (primary N) is 1. The molecular weight excluding hydrogens is 282 g/mol. The fourth-order valence-electron chi connectivity index (χ4n) is 2.03. The quantitative estimate of drug-likeness (QED) is 0.631. The lowest BCUT2D eigenvalue weighted by Gasteiger charge is -2.08. The molecule has 0 radical (unpaired) electrons. The average Bonchev–Trinajstić information content (AvgIpc) is 2.46. The van der Waals surface area contributed by atoms with Crippen LogP contribution in [0.1, 0.15) is 17.5 Å². The number of ether oxygens (including phenoxy) is 1. The summed E-state index contributed by atoms with van der Waals surface area (Å²) >= 11 is 0. The first kappa shape index (κ1) is 15.6. The molecule has 0 heterocycles. The number of benzene rings is 2. The van der Waals surface area contributed by atoms with Crippen molar-refractivity contribution in [2.45, 2.75) is 19.1 Å². The van der Waals surface area contributed by atoms with E-state index in [-0.39, 0.29) is 0 Å². The number of hydrogen-bond donors (Lipinski definition) is 1. The van der Waals surface area contributed by atoms with Crippen LogP contribution in [0.5, 0.6) is 5.75 Å². The van der Waals surface area contributed by atoms with Crippen LogP contribution in [0.15, 0.2) is 48.5 Å². The molecule has 0 saturated carbocycles. The third-order valence-electron chi connectivity index (χ3n) is 3.22. The van der Waals surface area contributed by atoms with Crippen LogP contribution in [-0.2, 0) is 16.6 Å². The van der Waals surface area contributed by atoms with Gasteiger partial charge in [0.2, 0.25) is 0 Å². The van der Waals surface area contributed by atoms with E-state index >= 15 is 0 Å². The van der Waals surface area contributed by atoms with Gasteiger partial charge in [0.1, 0.15) is 5.75 Å². The minimum atomic E-state index is -0.848. The zero-order chi connectivity index (χ0) is 15.1. The predicted molar refractivity (Wildman–Crippen MR) is 88.9 cm³/mol. The Bertz CT molecular complexity index is 613. The molecule has 1 atom stereocenters. The van der Waals surface area contributed by atoms with Gasteiger partial charge in [0, 0.05) is 34.1 Å². The highest BCUT2D eigenvalue weighted by molar-refractivity contribution is 7.84. The molecule has 0 aliphatic rings. The SMILES string of the molecule is Cc1ccccc1CS(=O)CCCOc1cccc(N)c1. The lowest BCUT2D eigenvalue weighted by atomic mass is 10.1. The number of rotatable bonds is 7. The third kappa shape index (κ3) is 5.23. The molecule has 0 fully saturated rings. The summed E-state index contributed by atoms with van der Waals surface area (Å²) in [6, 6.07) is 15.4. The van der Waals surface area contributed by atoms with E-state index in [1.165, 1.54) is 5.56 Å². The van der Waals surface area contributed by atoms with Gasteiger partial charge in [-0.1, -0.05) is 30.3 Å². The average molecular weight is 303 g/mol. The van der Waals surface area contributed by atoms with Gasteiger partial charge in [-0.15, -0.1) is 0 Å². The molecule has 3 nitrogen and oxygen atoms in total. The van der Waals surface area contributed by atoms with Crippen LogP contribution >= 0.6 is 0 Å². The maximum absolute atomic E-state index is 12.1. The first-order chi connectivity index (χ1) is 10.1. The molecule has 0 bridgehead atoms. The summed E-state index contributed by atoms with van der Waals surface area (Å²) in [5.41, 5.74) is 8.73. The molecule has 2 aromatic rings. The summed E-state index contributed by atoms with van der Waals surface area (Å²) < 4.78 is 17.7. The van der Waals surface area contributed by atoms with Gasteiger partial charge in [-0.25, -0.2) is 0 Å². The van der Waals surface area contributed by atoms with Gasteiger partial charge >= 0.3 is 0 Å². The number of aryl methyl sites for hydroxylation is 1. The lowest BCUT2D eigenvalue weighted by molar-refractivity contribution is 0.318. The standard InChI is InChI=1S/C17H21NO2S/c1-14-6-2-3-7-15(14)13-21(19)11-5-10-20-17-9-4-8-16(18)12-17/h2-4,6-9,12H,5,10-11,13,18H2,1H3. The van der Waals surface area contributed by atoms with Crippen LogP contribution in [0, 0.1) is 6.92 Å². The van der Waals surface area contributed by atoms with Crippen LogP contribution in [-0.4, -0.2) is 16.6 Å². The number of nitrogen functional groups attached to an aromatic ring is 1. The van der Waals surface area contributed by atoms with Gasteiger partial charge in [0.25, 0.3) is 0 Å². The Hall–Kier alpha value is -1.81. The van der Waals surface area contributed by atoms with Gasteiger partial charge in [-0.2, -0.15) is 0 Å². The van der Waals surface area contributed by atoms with E-state index < -0.39 is 10.8 Å². The van der Waals surface area contributed by atoms with E-state index in [9.17, 15) is 4.21 Å². The topological polar surface area (TPSA) is 52.3 Å². The van der Waals surface area contributed by atoms with Crippen molar-refractivity contribution in [2.24, 2.45) is 0 Å². The largest absolute Gasteiger partial charge is 0.493 e. The molecule has 0 amide bonds. The first-order valence-corrected chi connectivity index (χ1v) is 8.52. The summed E-state index contributed by atoms with van der Waals surface area (Å²) in [7, 11) is -0.848. The van der Waals surface area contributed by atoms with E-state index in [0.717, 1.165) is 17.7 Å². The summed E-state index contributed by atoms with van der Waals surface area (Å²) in [5.74, 6) is 2.03. The fraction of sp³-hybridized carbons (Fsp3) is 0.294. The van der Waals surface area contributed by atoms with Crippen LogP contribution in [0.25, 0.3) is 0 Å². The molecule has 2 N–H and O–H groups in total. The van der Waals surface area contributed by atoms with Crippen molar-refractivity contribution in [3.8, 4) is 5.75 Å². The summed E-state index contributed by atoms with van der Waals surface area (Å²) in [6.45, 7) is 2.61. The Kier molecular flexibility index (Phi) is 5.81. The highest BCUT2D eigenvalue weighted by Crippen LogP contribution is 2.15. The van der Waals surface area contributed by atoms with E-state index in [2.05, 4.69) is 13.0 Å². The Morgan fingerprint density at radius 1 is 1.14 bits per heavy atom. The second-order valence-electron chi connectivity index (χ2n) is 4.99. The lowest BCUT2D eigenvalue weighted by Crippen LogP contribution is -2.07. The molecule has 0 saturated heterocycles. The van der Waals surface area contributed by atoms with Gasteiger partial charge < -0.3 is 10.5 Å². The smallest absolute Gasteiger partial charge is 0.121 e. The van der Waals surface area contributed by atoms with Gasteiger partial charge in [0.05, 0.1) is 6.61 Å². The molecule has 0 aliphatic carbocycles. The second-order valence-corrected chi connectivity index (χ2v) is 6.57. The molecule has 4 heteroatoms. The van der Waals surface area contributed by atoms with Gasteiger partial charge in [0.15, 0.2) is 0 Å². The maximum atomic E-state index is 12.1. The van der Waals surface area contributed by atoms with Crippen molar-refractivity contribution in [1.29, 1.82) is 0 Å². The monoisotopic (exact) mass is 303 g/mol. The summed E-state index contributed by atoms with van der Waals surface area (Å²) in [5, 5.41) is 0. The van der Waals surface area contributed by atoms with Crippen molar-refractivity contribution in [2.75, 3.05) is 18.1 Å². The van der Waals surface area contributed by atoms with Crippen molar-refractivity contribution >= 4 is 16.5 Å². The molecule has 0 aliphatic heterocycles. The van der Waals surface area contributed by atoms with Crippen LogP contribution < -0.4 is 10.5 Å². The Balaban J connectivity index is 1.71. The molecule has 1 unspecified atom stereocenters. The zero-order valence-corrected chi connectivity index (χ0v) is 13.1. The highest BCUT2D eigenvalue weighted by Gasteiger charge is 2.04. The predicted octanol–water partition coefficient (Wildman–Crippen LogP) is 3.30. The number of hydrogen-bond acceptors (Lipinski definition) is 3. The molecule has 112 valence electrons. The Morgan fingerprint density at radius 3 is 2.71 bits per heavy atom. The minimum Gasteiger partial charge on any atom is -0.493 e. The maximum Gasteiger partial charge on any atom is 0.121 e. The summed E-state index contributed by atoms with van der Waals surface area (Å²) in [4.78, 5) is 0. The molecule has 21 heavy (non-hydrogen) atoms. The normalized spacial score (nSPS) is 12.0. The van der Waals surface area contributed by atoms with E-state index in [0.29, 0.717) is 23.8 Å². The van der Waals surface area contributed by atoms with Crippen molar-refractivity contribution in [3.63, 3.8) is 0 Å². The molecule has 0 aromatic heterocycles. The fourth-order valence-corrected chi connectivity index (χ4v) is 3.29. The molecule has 0 spiro atoms. The number of anilines is 1. The van der Waals surface area contributed by atoms with Crippen molar-refractivity contribution < 1.29 is 8.95 Å². The molecule has 2 aromatic carbocycles. The van der Waals surface area contributed by atoms with E-state index in [1.54, 1.807) is 6.07 Å². The third-order valence-corrected chi connectivity index (χ3v) is 4.60. The minimum absolute atomic E-state index is 0.558. The highest BCUT2D eigenvalue weighted by atomic mass is 32.2. The van der Waals surface area contributed by atoms with Crippen molar-refractivity contribution in [3.05, 3.63) is 59.7 Å².